The van der Waals surface area contributed by atoms with Gasteiger partial charge in [-0.1, -0.05) is 31.9 Å². The maximum atomic E-state index is 13.6. The van der Waals surface area contributed by atoms with Crippen molar-refractivity contribution in [1.82, 2.24) is 4.98 Å². The smallest absolute Gasteiger partial charge is 0.384 e. The maximum absolute atomic E-state index is 13.6. The van der Waals surface area contributed by atoms with Crippen LogP contribution in [0.3, 0.4) is 0 Å². The second-order valence-corrected chi connectivity index (χ2v) is 7.86. The topological polar surface area (TPSA) is 80.8 Å². The number of benzene rings is 2. The van der Waals surface area contributed by atoms with Gasteiger partial charge in [-0.05, 0) is 29.3 Å². The van der Waals surface area contributed by atoms with E-state index in [1.807, 2.05) is 24.3 Å². The fourth-order valence-corrected chi connectivity index (χ4v) is 4.14. The number of aliphatic imine (C=N–C) groups is 1. The lowest BCUT2D eigenvalue weighted by Gasteiger charge is -2.32. The number of nitrogens with zero attached hydrogens (tertiary/aromatic N) is 1. The molecule has 0 atom stereocenters. The Balaban J connectivity index is 1.96. The quantitative estimate of drug-likeness (QED) is 0.395. The van der Waals surface area contributed by atoms with Gasteiger partial charge in [0.25, 0.3) is 0 Å². The van der Waals surface area contributed by atoms with E-state index in [-0.39, 0.29) is 5.78 Å². The summed E-state index contributed by atoms with van der Waals surface area (Å²) in [7, 11) is 4.53. The Morgan fingerprint density at radius 3 is 2.65 bits per heavy atom. The van der Waals surface area contributed by atoms with Gasteiger partial charge in [-0.25, -0.2) is 4.79 Å². The Morgan fingerprint density at radius 1 is 1.19 bits per heavy atom. The first kappa shape index (κ1) is 20.4. The molecule has 156 valence electrons. The van der Waals surface area contributed by atoms with Gasteiger partial charge in [0.15, 0.2) is 5.78 Å². The van der Waals surface area contributed by atoms with Crippen LogP contribution in [0.2, 0.25) is 0 Å². The van der Waals surface area contributed by atoms with Gasteiger partial charge < -0.3 is 14.5 Å². The van der Waals surface area contributed by atoms with Crippen molar-refractivity contribution in [2.45, 2.75) is 19.3 Å². The van der Waals surface area contributed by atoms with E-state index in [0.717, 1.165) is 27.7 Å². The van der Waals surface area contributed by atoms with Crippen LogP contribution in [0.25, 0.3) is 10.9 Å². The Bertz CT molecular complexity index is 1330. The number of carbonyl (C=O) groups excluding carboxylic acids is 2. The lowest BCUT2D eigenvalue weighted by atomic mass is 9.71. The molecule has 0 spiro atoms. The van der Waals surface area contributed by atoms with Gasteiger partial charge in [0.2, 0.25) is 0 Å². The van der Waals surface area contributed by atoms with E-state index in [4.69, 9.17) is 4.74 Å². The van der Waals surface area contributed by atoms with Gasteiger partial charge in [-0.2, -0.15) is 0 Å². The number of ether oxygens (including phenoxy) is 2. The van der Waals surface area contributed by atoms with Gasteiger partial charge in [-0.15, -0.1) is 0 Å². The molecule has 1 aliphatic rings. The largest absolute Gasteiger partial charge is 0.495 e. The monoisotopic (exact) mass is 414 g/mol. The van der Waals surface area contributed by atoms with Crippen LogP contribution < -0.4 is 4.74 Å². The van der Waals surface area contributed by atoms with E-state index in [1.54, 1.807) is 19.3 Å². The van der Waals surface area contributed by atoms with Crippen molar-refractivity contribution >= 4 is 28.9 Å². The highest BCUT2D eigenvalue weighted by molar-refractivity contribution is 6.20. The third-order valence-corrected chi connectivity index (χ3v) is 5.70. The Hall–Kier alpha value is -3.85. The number of carbonyl (C=O) groups is 2. The van der Waals surface area contributed by atoms with Crippen LogP contribution >= 0.6 is 0 Å². The molecule has 0 bridgehead atoms. The zero-order valence-electron chi connectivity index (χ0n) is 18.0. The van der Waals surface area contributed by atoms with Crippen molar-refractivity contribution in [1.29, 1.82) is 0 Å². The van der Waals surface area contributed by atoms with Crippen molar-refractivity contribution in [3.05, 3.63) is 63.8 Å². The molecule has 0 radical (unpaired) electrons. The van der Waals surface area contributed by atoms with E-state index < -0.39 is 11.4 Å². The van der Waals surface area contributed by atoms with Crippen LogP contribution in [-0.4, -0.2) is 44.2 Å². The molecule has 6 nitrogen and oxygen atoms in total. The van der Waals surface area contributed by atoms with Gasteiger partial charge in [-0.3, -0.25) is 9.79 Å². The normalized spacial score (nSPS) is 14.0. The van der Waals surface area contributed by atoms with Crippen LogP contribution in [0.4, 0.5) is 0 Å². The molecule has 1 aliphatic carbocycles. The van der Waals surface area contributed by atoms with E-state index in [1.165, 1.54) is 14.2 Å². The number of aromatic amines is 1. The van der Waals surface area contributed by atoms with Crippen LogP contribution in [0.5, 0.6) is 5.75 Å². The predicted octanol–water partition coefficient (Wildman–Crippen LogP) is 3.62. The number of esters is 1. The molecule has 0 fully saturated rings. The Morgan fingerprint density at radius 2 is 1.97 bits per heavy atom. The van der Waals surface area contributed by atoms with Crippen LogP contribution in [0, 0.1) is 11.8 Å². The average molecular weight is 414 g/mol. The summed E-state index contributed by atoms with van der Waals surface area (Å²) < 4.78 is 10.1. The molecule has 4 rings (SSSR count). The minimum absolute atomic E-state index is 0.0868. The molecule has 0 saturated carbocycles. The zero-order chi connectivity index (χ0) is 22.3. The molecular weight excluding hydrogens is 392 g/mol. The number of H-pyrrole nitrogens is 1. The number of rotatable bonds is 2. The second-order valence-electron chi connectivity index (χ2n) is 7.86. The highest BCUT2D eigenvalue weighted by Gasteiger charge is 2.40. The lowest BCUT2D eigenvalue weighted by Crippen LogP contribution is -2.30. The molecular formula is C25H22N2O4. The molecule has 1 aromatic heterocycles. The molecule has 1 N–H and O–H groups in total. The average Bonchev–Trinajstić information content (AvgIpc) is 3.15. The number of fused-ring (bicyclic) bond motifs is 4. The van der Waals surface area contributed by atoms with Gasteiger partial charge in [0.1, 0.15) is 5.75 Å². The number of ketones is 1. The fourth-order valence-electron chi connectivity index (χ4n) is 4.14. The summed E-state index contributed by atoms with van der Waals surface area (Å²) in [6.07, 6.45) is 1.78. The first-order valence-corrected chi connectivity index (χ1v) is 9.77. The minimum atomic E-state index is -0.656. The second kappa shape index (κ2) is 7.44. The first-order chi connectivity index (χ1) is 14.8. The van der Waals surface area contributed by atoms with E-state index in [9.17, 15) is 9.59 Å². The van der Waals surface area contributed by atoms with Crippen molar-refractivity contribution in [2.75, 3.05) is 21.3 Å². The van der Waals surface area contributed by atoms with Crippen molar-refractivity contribution in [3.8, 4) is 17.6 Å². The summed E-state index contributed by atoms with van der Waals surface area (Å²) >= 11 is 0. The van der Waals surface area contributed by atoms with E-state index >= 15 is 0 Å². The molecule has 31 heavy (non-hydrogen) atoms. The van der Waals surface area contributed by atoms with Crippen LogP contribution in [0.1, 0.15) is 52.2 Å². The number of methoxy groups -OCH3 is 2. The summed E-state index contributed by atoms with van der Waals surface area (Å²) in [5, 5.41) is 0.866. The highest BCUT2D eigenvalue weighted by Crippen LogP contribution is 2.45. The van der Waals surface area contributed by atoms with E-state index in [0.29, 0.717) is 22.4 Å². The number of aromatic nitrogens is 1. The summed E-state index contributed by atoms with van der Waals surface area (Å²) in [4.78, 5) is 32.6. The Kier molecular flexibility index (Phi) is 4.90. The van der Waals surface area contributed by atoms with Gasteiger partial charge >= 0.3 is 5.97 Å². The third-order valence-electron chi connectivity index (χ3n) is 5.70. The SMILES string of the molecule is CN=Cc1ccc2c3c([nH]c2c1)C(C)(C)c1cc(OC)c(C#CC(=O)OC)cc1C3=O. The number of hydrogen-bond acceptors (Lipinski definition) is 5. The molecule has 0 saturated heterocycles. The lowest BCUT2D eigenvalue weighted by molar-refractivity contribution is -0.133. The number of nitrogens with one attached hydrogen (secondary N) is 1. The highest BCUT2D eigenvalue weighted by atomic mass is 16.5. The first-order valence-electron chi connectivity index (χ1n) is 9.77. The third kappa shape index (κ3) is 3.19. The van der Waals surface area contributed by atoms with Crippen molar-refractivity contribution in [2.24, 2.45) is 4.99 Å². The molecule has 0 aliphatic heterocycles. The predicted molar refractivity (Wildman–Crippen MR) is 119 cm³/mol. The van der Waals surface area contributed by atoms with Gasteiger partial charge in [0.05, 0.1) is 25.3 Å². The summed E-state index contributed by atoms with van der Waals surface area (Å²) in [6, 6.07) is 9.41. The van der Waals surface area contributed by atoms with Crippen molar-refractivity contribution < 1.29 is 19.1 Å². The molecule has 1 heterocycles. The van der Waals surface area contributed by atoms with Crippen molar-refractivity contribution in [3.63, 3.8) is 0 Å². The maximum Gasteiger partial charge on any atom is 0.384 e. The minimum Gasteiger partial charge on any atom is -0.495 e. The zero-order valence-corrected chi connectivity index (χ0v) is 18.0. The Labute approximate surface area is 180 Å². The number of hydrogen-bond donors (Lipinski definition) is 1. The molecule has 0 unspecified atom stereocenters. The standard InChI is InChI=1S/C25H22N2O4/c1-25(2)18-12-20(30-4)15(7-9-21(28)31-5)11-17(18)23(29)22-16-8-6-14(13-26-3)10-19(16)27-24(22)25/h6,8,10-13,27H,1-5H3. The summed E-state index contributed by atoms with van der Waals surface area (Å²) in [5.41, 5.74) is 4.73. The molecule has 3 aromatic rings. The van der Waals surface area contributed by atoms with Crippen LogP contribution in [-0.2, 0) is 14.9 Å². The molecule has 0 amide bonds. The summed E-state index contributed by atoms with van der Waals surface area (Å²) in [6.45, 7) is 4.14. The van der Waals surface area contributed by atoms with Gasteiger partial charge in [0, 0.05) is 46.8 Å². The molecule has 6 heteroatoms. The summed E-state index contributed by atoms with van der Waals surface area (Å²) in [5.74, 6) is 4.93. The fraction of sp³-hybridized carbons (Fsp3) is 0.240. The van der Waals surface area contributed by atoms with E-state index in [2.05, 4.69) is 40.4 Å². The van der Waals surface area contributed by atoms with Crippen LogP contribution in [0.15, 0.2) is 35.3 Å². The molecule has 2 aromatic carbocycles.